The molecule has 0 atom stereocenters. The molecule has 0 radical (unpaired) electrons. The van der Waals surface area contributed by atoms with Gasteiger partial charge >= 0.3 is 0 Å². The highest BCUT2D eigenvalue weighted by molar-refractivity contribution is 5.90. The van der Waals surface area contributed by atoms with Crippen molar-refractivity contribution in [3.8, 4) is 0 Å². The molecule has 3 aromatic rings. The zero-order valence-corrected chi connectivity index (χ0v) is 14.6. The third-order valence-corrected chi connectivity index (χ3v) is 4.04. The number of aryl methyl sites for hydroxylation is 3. The van der Waals surface area contributed by atoms with E-state index in [0.717, 1.165) is 22.4 Å². The molecule has 0 spiro atoms. The molecule has 6 heteroatoms. The second-order valence-electron chi connectivity index (χ2n) is 6.39. The number of nitrogens with one attached hydrogen (secondary N) is 1. The number of fused-ring (bicyclic) bond motifs is 1. The van der Waals surface area contributed by atoms with E-state index in [0.29, 0.717) is 13.0 Å². The summed E-state index contributed by atoms with van der Waals surface area (Å²) in [7, 11) is 0. The van der Waals surface area contributed by atoms with Gasteiger partial charge in [0, 0.05) is 18.2 Å². The maximum Gasteiger partial charge on any atom is 0.226 e. The number of hydrogen-bond donors (Lipinski definition) is 1. The molecule has 0 aliphatic carbocycles. The summed E-state index contributed by atoms with van der Waals surface area (Å²) >= 11 is 0. The van der Waals surface area contributed by atoms with Crippen molar-refractivity contribution < 1.29 is 4.79 Å². The summed E-state index contributed by atoms with van der Waals surface area (Å²) in [6.07, 6.45) is 2.20. The average Bonchev–Trinajstić information content (AvgIpc) is 3.09. The van der Waals surface area contributed by atoms with Crippen LogP contribution in [0.5, 0.6) is 0 Å². The van der Waals surface area contributed by atoms with Crippen molar-refractivity contribution in [2.45, 2.75) is 46.7 Å². The number of carbonyl (C=O) groups is 1. The quantitative estimate of drug-likeness (QED) is 0.781. The fourth-order valence-electron chi connectivity index (χ4n) is 2.81. The summed E-state index contributed by atoms with van der Waals surface area (Å²) in [5.74, 6) is -0.0172. The Morgan fingerprint density at radius 1 is 1.21 bits per heavy atom. The van der Waals surface area contributed by atoms with Crippen LogP contribution in [-0.4, -0.2) is 25.5 Å². The standard InChI is InChI=1S/C18H23N5O/c1-12(2)23-16-11-19-22(18(16)14(4)21-23)10-9-17(24)20-15-7-5-13(3)6-8-15/h5-8,11-12H,9-10H2,1-4H3,(H,20,24). The van der Waals surface area contributed by atoms with Crippen LogP contribution in [0.3, 0.4) is 0 Å². The molecular formula is C18H23N5O. The van der Waals surface area contributed by atoms with Crippen LogP contribution >= 0.6 is 0 Å². The van der Waals surface area contributed by atoms with E-state index < -0.39 is 0 Å². The summed E-state index contributed by atoms with van der Waals surface area (Å²) in [6.45, 7) is 8.72. The lowest BCUT2D eigenvalue weighted by Crippen LogP contribution is -2.15. The molecule has 3 rings (SSSR count). The van der Waals surface area contributed by atoms with Crippen molar-refractivity contribution in [1.29, 1.82) is 0 Å². The number of amides is 1. The van der Waals surface area contributed by atoms with Crippen molar-refractivity contribution >= 4 is 22.6 Å². The maximum atomic E-state index is 12.2. The smallest absolute Gasteiger partial charge is 0.226 e. The number of aromatic nitrogens is 4. The van der Waals surface area contributed by atoms with E-state index in [9.17, 15) is 4.79 Å². The van der Waals surface area contributed by atoms with Crippen LogP contribution in [0.25, 0.3) is 11.0 Å². The Balaban J connectivity index is 1.69. The largest absolute Gasteiger partial charge is 0.326 e. The first-order chi connectivity index (χ1) is 11.5. The zero-order chi connectivity index (χ0) is 17.3. The third kappa shape index (κ3) is 3.18. The van der Waals surface area contributed by atoms with Crippen LogP contribution in [0.15, 0.2) is 30.5 Å². The average molecular weight is 325 g/mol. The topological polar surface area (TPSA) is 64.7 Å². The minimum absolute atomic E-state index is 0.0172. The lowest BCUT2D eigenvalue weighted by Gasteiger charge is -2.06. The molecule has 2 heterocycles. The molecule has 1 amide bonds. The second kappa shape index (κ2) is 6.47. The Morgan fingerprint density at radius 3 is 2.58 bits per heavy atom. The first-order valence-electron chi connectivity index (χ1n) is 8.23. The molecule has 1 N–H and O–H groups in total. The van der Waals surface area contributed by atoms with Gasteiger partial charge in [0.25, 0.3) is 0 Å². The van der Waals surface area contributed by atoms with Crippen molar-refractivity contribution in [2.75, 3.05) is 5.32 Å². The summed E-state index contributed by atoms with van der Waals surface area (Å²) in [4.78, 5) is 12.2. The van der Waals surface area contributed by atoms with Gasteiger partial charge < -0.3 is 5.32 Å². The van der Waals surface area contributed by atoms with Gasteiger partial charge in [0.15, 0.2) is 0 Å². The van der Waals surface area contributed by atoms with E-state index >= 15 is 0 Å². The molecule has 6 nitrogen and oxygen atoms in total. The van der Waals surface area contributed by atoms with E-state index in [2.05, 4.69) is 29.4 Å². The summed E-state index contributed by atoms with van der Waals surface area (Å²) < 4.78 is 3.84. The van der Waals surface area contributed by atoms with Crippen molar-refractivity contribution in [3.05, 3.63) is 41.7 Å². The first kappa shape index (κ1) is 16.2. The molecule has 0 fully saturated rings. The van der Waals surface area contributed by atoms with Crippen LogP contribution in [0.4, 0.5) is 5.69 Å². The second-order valence-corrected chi connectivity index (χ2v) is 6.39. The van der Waals surface area contributed by atoms with Gasteiger partial charge in [0.1, 0.15) is 11.0 Å². The molecule has 2 aromatic heterocycles. The van der Waals surface area contributed by atoms with Gasteiger partial charge in [0.2, 0.25) is 5.91 Å². The maximum absolute atomic E-state index is 12.2. The molecular weight excluding hydrogens is 302 g/mol. The lowest BCUT2D eigenvalue weighted by molar-refractivity contribution is -0.116. The van der Waals surface area contributed by atoms with Gasteiger partial charge in [-0.25, -0.2) is 0 Å². The molecule has 0 saturated heterocycles. The number of benzene rings is 1. The minimum Gasteiger partial charge on any atom is -0.326 e. The summed E-state index contributed by atoms with van der Waals surface area (Å²) in [5, 5.41) is 11.9. The van der Waals surface area contributed by atoms with Gasteiger partial charge in [-0.3, -0.25) is 14.2 Å². The van der Waals surface area contributed by atoms with Gasteiger partial charge in [-0.15, -0.1) is 0 Å². The van der Waals surface area contributed by atoms with Crippen molar-refractivity contribution in [3.63, 3.8) is 0 Å². The molecule has 126 valence electrons. The van der Waals surface area contributed by atoms with Crippen molar-refractivity contribution in [1.82, 2.24) is 19.6 Å². The summed E-state index contributed by atoms with van der Waals surface area (Å²) in [6, 6.07) is 8.07. The lowest BCUT2D eigenvalue weighted by atomic mass is 10.2. The molecule has 0 aliphatic heterocycles. The monoisotopic (exact) mass is 325 g/mol. The zero-order valence-electron chi connectivity index (χ0n) is 14.6. The van der Waals surface area contributed by atoms with Gasteiger partial charge in [-0.1, -0.05) is 17.7 Å². The van der Waals surface area contributed by atoms with Gasteiger partial charge in [-0.05, 0) is 39.8 Å². The third-order valence-electron chi connectivity index (χ3n) is 4.04. The Hall–Kier alpha value is -2.63. The molecule has 0 unspecified atom stereocenters. The van der Waals surface area contributed by atoms with Crippen LogP contribution in [0, 0.1) is 13.8 Å². The molecule has 0 saturated carbocycles. The highest BCUT2D eigenvalue weighted by Crippen LogP contribution is 2.21. The number of rotatable bonds is 5. The number of carbonyl (C=O) groups excluding carboxylic acids is 1. The highest BCUT2D eigenvalue weighted by atomic mass is 16.1. The number of anilines is 1. The molecule has 24 heavy (non-hydrogen) atoms. The minimum atomic E-state index is -0.0172. The van der Waals surface area contributed by atoms with E-state index in [4.69, 9.17) is 0 Å². The Bertz CT molecular complexity index is 858. The number of hydrogen-bond acceptors (Lipinski definition) is 3. The van der Waals surface area contributed by atoms with E-state index in [-0.39, 0.29) is 11.9 Å². The fourth-order valence-corrected chi connectivity index (χ4v) is 2.81. The fraction of sp³-hybridized carbons (Fsp3) is 0.389. The molecule has 0 bridgehead atoms. The Labute approximate surface area is 141 Å². The molecule has 0 aliphatic rings. The predicted octanol–water partition coefficient (Wildman–Crippen LogP) is 3.46. The highest BCUT2D eigenvalue weighted by Gasteiger charge is 2.15. The normalized spacial score (nSPS) is 11.4. The van der Waals surface area contributed by atoms with Crippen molar-refractivity contribution in [2.24, 2.45) is 0 Å². The molecule has 1 aromatic carbocycles. The SMILES string of the molecule is Cc1ccc(NC(=O)CCn2ncc3c2c(C)nn3C(C)C)cc1. The predicted molar refractivity (Wildman–Crippen MR) is 95.1 cm³/mol. The van der Waals surface area contributed by atoms with Crippen LogP contribution in [0.2, 0.25) is 0 Å². The Kier molecular flexibility index (Phi) is 4.38. The van der Waals surface area contributed by atoms with Crippen LogP contribution in [0.1, 0.15) is 37.6 Å². The van der Waals surface area contributed by atoms with E-state index in [1.165, 1.54) is 5.56 Å². The Morgan fingerprint density at radius 2 is 1.92 bits per heavy atom. The van der Waals surface area contributed by atoms with E-state index in [1.807, 2.05) is 53.7 Å². The number of nitrogens with zero attached hydrogens (tertiary/aromatic N) is 4. The first-order valence-corrected chi connectivity index (χ1v) is 8.23. The van der Waals surface area contributed by atoms with Crippen LogP contribution in [-0.2, 0) is 11.3 Å². The summed E-state index contributed by atoms with van der Waals surface area (Å²) in [5.41, 5.74) is 4.95. The van der Waals surface area contributed by atoms with Gasteiger partial charge in [0.05, 0.1) is 18.4 Å². The van der Waals surface area contributed by atoms with E-state index in [1.54, 1.807) is 0 Å². The van der Waals surface area contributed by atoms with Gasteiger partial charge in [-0.2, -0.15) is 10.2 Å². The van der Waals surface area contributed by atoms with Crippen LogP contribution < -0.4 is 5.32 Å².